The van der Waals surface area contributed by atoms with E-state index in [-0.39, 0.29) is 22.3 Å². The molecule has 216 valence electrons. The lowest BCUT2D eigenvalue weighted by atomic mass is 10.0. The lowest BCUT2D eigenvalue weighted by molar-refractivity contribution is 0.0963. The standard InChI is InChI=1S/C31H31N5O5S/c1-4-6-13-27-35-30(38)28(31(39)36(27)26(5-2)25-12-8-11-23(19-32)34-25)42(40,41)24-16-14-20(15-17-24)21-9-7-10-22(18-21)29(37)33-3/h7-12,14-18,26,39H,4-6,13H2,1-3H3,(H,33,37). The van der Waals surface area contributed by atoms with Gasteiger partial charge in [-0.3, -0.25) is 14.2 Å². The van der Waals surface area contributed by atoms with Gasteiger partial charge in [0.05, 0.1) is 16.6 Å². The predicted molar refractivity (Wildman–Crippen MR) is 157 cm³/mol. The molecule has 1 unspecified atom stereocenters. The third-order valence-corrected chi connectivity index (χ3v) is 8.72. The molecule has 2 heterocycles. The van der Waals surface area contributed by atoms with Crippen LogP contribution < -0.4 is 10.9 Å². The molecule has 0 saturated carbocycles. The van der Waals surface area contributed by atoms with E-state index in [9.17, 15) is 28.4 Å². The summed E-state index contributed by atoms with van der Waals surface area (Å²) in [5, 5.41) is 23.4. The Morgan fingerprint density at radius 3 is 2.40 bits per heavy atom. The van der Waals surface area contributed by atoms with E-state index < -0.39 is 32.2 Å². The zero-order valence-electron chi connectivity index (χ0n) is 23.5. The van der Waals surface area contributed by atoms with Gasteiger partial charge >= 0.3 is 0 Å². The van der Waals surface area contributed by atoms with Crippen molar-refractivity contribution in [2.24, 2.45) is 0 Å². The van der Waals surface area contributed by atoms with Crippen molar-refractivity contribution in [3.8, 4) is 23.1 Å². The number of amides is 1. The predicted octanol–water partition coefficient (Wildman–Crippen LogP) is 4.42. The van der Waals surface area contributed by atoms with Crippen LogP contribution in [-0.4, -0.2) is 41.0 Å². The van der Waals surface area contributed by atoms with Gasteiger partial charge < -0.3 is 10.4 Å². The summed E-state index contributed by atoms with van der Waals surface area (Å²) >= 11 is 0. The van der Waals surface area contributed by atoms with Crippen molar-refractivity contribution in [1.82, 2.24) is 19.9 Å². The number of pyridine rings is 1. The van der Waals surface area contributed by atoms with Crippen molar-refractivity contribution in [3.05, 3.63) is 99.9 Å². The maximum Gasteiger partial charge on any atom is 0.296 e. The minimum absolute atomic E-state index is 0.170. The van der Waals surface area contributed by atoms with Gasteiger partial charge in [0.2, 0.25) is 15.7 Å². The molecular formula is C31H31N5O5S. The van der Waals surface area contributed by atoms with E-state index in [1.807, 2.05) is 19.9 Å². The Kier molecular flexibility index (Phi) is 9.18. The fourth-order valence-corrected chi connectivity index (χ4v) is 6.12. The molecule has 0 aliphatic carbocycles. The molecule has 10 nitrogen and oxygen atoms in total. The summed E-state index contributed by atoms with van der Waals surface area (Å²) in [5.74, 6) is -0.738. The number of unbranched alkanes of at least 4 members (excludes halogenated alkanes) is 1. The van der Waals surface area contributed by atoms with E-state index >= 15 is 0 Å². The molecule has 4 rings (SSSR count). The molecule has 2 aromatic carbocycles. The summed E-state index contributed by atoms with van der Waals surface area (Å²) in [4.78, 5) is 32.7. The van der Waals surface area contributed by atoms with Gasteiger partial charge in [-0.15, -0.1) is 0 Å². The van der Waals surface area contributed by atoms with Crippen molar-refractivity contribution >= 4 is 15.7 Å². The van der Waals surface area contributed by atoms with Gasteiger partial charge in [0.15, 0.2) is 4.90 Å². The maximum atomic E-state index is 13.8. The van der Waals surface area contributed by atoms with Gasteiger partial charge in [0, 0.05) is 19.0 Å². The SMILES string of the molecule is CCCCc1nc(=O)c(S(=O)(=O)c2ccc(-c3cccc(C(=O)NC)c3)cc2)c(O)n1C(CC)c1cccc(C#N)n1. The number of nitriles is 1. The average Bonchev–Trinajstić information content (AvgIpc) is 3.01. The fourth-order valence-electron chi connectivity index (χ4n) is 4.78. The summed E-state index contributed by atoms with van der Waals surface area (Å²) in [6, 6.07) is 18.9. The van der Waals surface area contributed by atoms with Crippen LogP contribution in [0.25, 0.3) is 11.1 Å². The van der Waals surface area contributed by atoms with E-state index in [1.54, 1.807) is 54.6 Å². The number of benzene rings is 2. The van der Waals surface area contributed by atoms with Gasteiger partial charge in [-0.25, -0.2) is 13.4 Å². The topological polar surface area (TPSA) is 155 Å². The fraction of sp³-hybridized carbons (Fsp3) is 0.258. The monoisotopic (exact) mass is 585 g/mol. The zero-order chi connectivity index (χ0) is 30.4. The maximum absolute atomic E-state index is 13.8. The molecular weight excluding hydrogens is 554 g/mol. The van der Waals surface area contributed by atoms with Crippen LogP contribution in [0, 0.1) is 11.3 Å². The minimum Gasteiger partial charge on any atom is -0.493 e. The first-order valence-corrected chi connectivity index (χ1v) is 15.0. The largest absolute Gasteiger partial charge is 0.493 e. The molecule has 0 spiro atoms. The second-order valence-electron chi connectivity index (χ2n) is 9.63. The average molecular weight is 586 g/mol. The number of sulfone groups is 1. The summed E-state index contributed by atoms with van der Waals surface area (Å²) in [5.41, 5.74) is 1.36. The van der Waals surface area contributed by atoms with Crippen molar-refractivity contribution in [1.29, 1.82) is 5.26 Å². The third kappa shape index (κ3) is 5.94. The minimum atomic E-state index is -4.50. The molecule has 0 bridgehead atoms. The van der Waals surface area contributed by atoms with Crippen LogP contribution in [0.4, 0.5) is 0 Å². The first-order chi connectivity index (χ1) is 20.2. The van der Waals surface area contributed by atoms with Crippen LogP contribution in [0.2, 0.25) is 0 Å². The van der Waals surface area contributed by atoms with Crippen LogP contribution in [0.3, 0.4) is 0 Å². The smallest absolute Gasteiger partial charge is 0.296 e. The van der Waals surface area contributed by atoms with Crippen LogP contribution in [0.1, 0.15) is 66.7 Å². The summed E-state index contributed by atoms with van der Waals surface area (Å²) in [7, 11) is -2.97. The van der Waals surface area contributed by atoms with Crippen molar-refractivity contribution in [2.45, 2.75) is 55.4 Å². The molecule has 0 aliphatic heterocycles. The van der Waals surface area contributed by atoms with Crippen LogP contribution in [0.15, 0.2) is 81.3 Å². The van der Waals surface area contributed by atoms with Gasteiger partial charge in [-0.2, -0.15) is 10.2 Å². The number of aromatic nitrogens is 3. The quantitative estimate of drug-likeness (QED) is 0.277. The molecule has 0 aliphatic rings. The normalized spacial score (nSPS) is 12.0. The number of carbonyl (C=O) groups is 1. The summed E-state index contributed by atoms with van der Waals surface area (Å²) in [6.45, 7) is 3.80. The molecule has 1 amide bonds. The lowest BCUT2D eigenvalue weighted by Crippen LogP contribution is -2.28. The van der Waals surface area contributed by atoms with Gasteiger partial charge in [0.25, 0.3) is 11.5 Å². The van der Waals surface area contributed by atoms with Gasteiger partial charge in [-0.1, -0.05) is 50.6 Å². The molecule has 42 heavy (non-hydrogen) atoms. The third-order valence-electron chi connectivity index (χ3n) is 6.93. The number of aryl methyl sites for hydroxylation is 1. The first kappa shape index (κ1) is 30.1. The van der Waals surface area contributed by atoms with E-state index in [4.69, 9.17) is 0 Å². The van der Waals surface area contributed by atoms with Crippen molar-refractivity contribution < 1.29 is 18.3 Å². The number of hydrogen-bond acceptors (Lipinski definition) is 8. The molecule has 0 fully saturated rings. The van der Waals surface area contributed by atoms with E-state index in [0.717, 1.165) is 6.42 Å². The van der Waals surface area contributed by atoms with Crippen LogP contribution in [-0.2, 0) is 16.3 Å². The van der Waals surface area contributed by atoms with E-state index in [0.29, 0.717) is 41.6 Å². The Morgan fingerprint density at radius 2 is 1.76 bits per heavy atom. The number of nitrogens with zero attached hydrogens (tertiary/aromatic N) is 4. The van der Waals surface area contributed by atoms with Crippen molar-refractivity contribution in [3.63, 3.8) is 0 Å². The molecule has 0 radical (unpaired) electrons. The molecule has 2 aromatic heterocycles. The molecule has 4 aromatic rings. The number of carbonyl (C=O) groups excluding carboxylic acids is 1. The summed E-state index contributed by atoms with van der Waals surface area (Å²) in [6.07, 6.45) is 2.15. The Balaban J connectivity index is 1.83. The highest BCUT2D eigenvalue weighted by molar-refractivity contribution is 7.91. The molecule has 11 heteroatoms. The Labute approximate surface area is 244 Å². The Morgan fingerprint density at radius 1 is 1.05 bits per heavy atom. The number of hydrogen-bond donors (Lipinski definition) is 2. The second-order valence-corrected chi connectivity index (χ2v) is 11.5. The van der Waals surface area contributed by atoms with Crippen LogP contribution >= 0.6 is 0 Å². The van der Waals surface area contributed by atoms with Crippen LogP contribution in [0.5, 0.6) is 5.88 Å². The first-order valence-electron chi connectivity index (χ1n) is 13.5. The van der Waals surface area contributed by atoms with E-state index in [1.165, 1.54) is 23.7 Å². The van der Waals surface area contributed by atoms with Crippen molar-refractivity contribution in [2.75, 3.05) is 7.05 Å². The highest BCUT2D eigenvalue weighted by Crippen LogP contribution is 2.33. The van der Waals surface area contributed by atoms with Gasteiger partial charge in [-0.05, 0) is 60.4 Å². The molecule has 2 N–H and O–H groups in total. The zero-order valence-corrected chi connectivity index (χ0v) is 24.4. The Bertz CT molecular complexity index is 1830. The Hall–Kier alpha value is -4.82. The lowest BCUT2D eigenvalue weighted by Gasteiger charge is -2.24. The van der Waals surface area contributed by atoms with Gasteiger partial charge in [0.1, 0.15) is 17.6 Å². The highest BCUT2D eigenvalue weighted by atomic mass is 32.2. The summed E-state index contributed by atoms with van der Waals surface area (Å²) < 4.78 is 29.0. The molecule has 0 saturated heterocycles. The van der Waals surface area contributed by atoms with E-state index in [2.05, 4.69) is 15.3 Å². The highest BCUT2D eigenvalue weighted by Gasteiger charge is 2.32. The second kappa shape index (κ2) is 12.8. The number of rotatable bonds is 10. The molecule has 1 atom stereocenters. The number of aromatic hydroxyl groups is 1. The number of nitrogens with one attached hydrogen (secondary N) is 1.